The van der Waals surface area contributed by atoms with Gasteiger partial charge in [-0.25, -0.2) is 4.79 Å². The molecule has 1 aliphatic rings. The normalized spacial score (nSPS) is 24.7. The van der Waals surface area contributed by atoms with Crippen LogP contribution in [0.2, 0.25) is 0 Å². The Kier molecular flexibility index (Phi) is 10.3. The van der Waals surface area contributed by atoms with E-state index in [0.29, 0.717) is 5.56 Å². The molecular formula is C18H32BN2O10P. The fourth-order valence-corrected chi connectivity index (χ4v) is 5.14. The Hall–Kier alpha value is -1.31. The fourth-order valence-electron chi connectivity index (χ4n) is 3.53. The highest BCUT2D eigenvalue weighted by atomic mass is 31.2. The lowest BCUT2D eigenvalue weighted by Gasteiger charge is -2.27. The summed E-state index contributed by atoms with van der Waals surface area (Å²) >= 11 is 0. The third-order valence-corrected chi connectivity index (χ3v) is 7.18. The number of aromatic amines is 1. The molecule has 12 nitrogen and oxygen atoms in total. The number of nitrogens with zero attached hydrogens (tertiary/aromatic N) is 1. The van der Waals surface area contributed by atoms with Gasteiger partial charge < -0.3 is 33.0 Å². The number of hydrogen-bond acceptors (Lipinski definition) is 10. The number of aliphatic hydroxyl groups is 1. The van der Waals surface area contributed by atoms with E-state index >= 15 is 0 Å². The van der Waals surface area contributed by atoms with E-state index in [1.54, 1.807) is 20.8 Å². The molecule has 2 heterocycles. The standard InChI is InChI=1S/C18H32BN2O10P/c1-5-28-32(25,29-6-2)13(22)9-12-14(31-19)15(27-8-7-26-4)17(30-12)21-10-11(3)16(23)20-18(21)24/h10,12-15,17,22H,5-9,19H2,1-4H3,(H,20,23,24)/t12?,13?,14-,15-,17-/m1/s1. The lowest BCUT2D eigenvalue weighted by molar-refractivity contribution is -0.0794. The second-order valence-corrected chi connectivity index (χ2v) is 9.36. The summed E-state index contributed by atoms with van der Waals surface area (Å²) in [7, 11) is -0.858. The van der Waals surface area contributed by atoms with Crippen LogP contribution in [0.3, 0.4) is 0 Å². The Labute approximate surface area is 187 Å². The summed E-state index contributed by atoms with van der Waals surface area (Å²) in [6, 6.07) is 0. The molecule has 0 bridgehead atoms. The third kappa shape index (κ3) is 6.18. The van der Waals surface area contributed by atoms with E-state index in [1.807, 2.05) is 0 Å². The number of hydrogen-bond donors (Lipinski definition) is 2. The van der Waals surface area contributed by atoms with E-state index in [2.05, 4.69) is 4.98 Å². The maximum Gasteiger partial charge on any atom is 0.358 e. The van der Waals surface area contributed by atoms with E-state index < -0.39 is 49.2 Å². The number of aryl methyl sites for hydroxylation is 1. The minimum absolute atomic E-state index is 0.0883. The van der Waals surface area contributed by atoms with E-state index in [0.717, 1.165) is 0 Å². The van der Waals surface area contributed by atoms with Crippen LogP contribution in [-0.2, 0) is 32.5 Å². The number of rotatable bonds is 13. The zero-order valence-corrected chi connectivity index (χ0v) is 19.9. The smallest absolute Gasteiger partial charge is 0.358 e. The van der Waals surface area contributed by atoms with Crippen LogP contribution in [-0.4, -0.2) is 80.4 Å². The van der Waals surface area contributed by atoms with Crippen molar-refractivity contribution in [3.63, 3.8) is 0 Å². The van der Waals surface area contributed by atoms with Gasteiger partial charge >= 0.3 is 13.3 Å². The Balaban J connectivity index is 2.36. The van der Waals surface area contributed by atoms with Crippen molar-refractivity contribution in [2.45, 2.75) is 57.6 Å². The molecule has 0 aliphatic carbocycles. The summed E-state index contributed by atoms with van der Waals surface area (Å²) < 4.78 is 47.1. The van der Waals surface area contributed by atoms with Crippen LogP contribution in [0.15, 0.2) is 15.8 Å². The molecule has 2 rings (SSSR count). The van der Waals surface area contributed by atoms with Gasteiger partial charge in [-0.05, 0) is 20.8 Å². The zero-order chi connectivity index (χ0) is 23.9. The Morgan fingerprint density at radius 1 is 1.25 bits per heavy atom. The molecule has 0 spiro atoms. The van der Waals surface area contributed by atoms with E-state index in [9.17, 15) is 19.3 Å². The van der Waals surface area contributed by atoms with Crippen molar-refractivity contribution in [2.24, 2.45) is 0 Å². The van der Waals surface area contributed by atoms with Gasteiger partial charge in [-0.2, -0.15) is 0 Å². The summed E-state index contributed by atoms with van der Waals surface area (Å²) in [5.41, 5.74) is -0.888. The highest BCUT2D eigenvalue weighted by molar-refractivity contribution is 7.54. The minimum Gasteiger partial charge on any atom is -0.436 e. The van der Waals surface area contributed by atoms with Gasteiger partial charge in [-0.1, -0.05) is 0 Å². The van der Waals surface area contributed by atoms with E-state index in [-0.39, 0.29) is 32.8 Å². The Morgan fingerprint density at radius 2 is 1.91 bits per heavy atom. The first kappa shape index (κ1) is 26.9. The summed E-state index contributed by atoms with van der Waals surface area (Å²) in [4.78, 5) is 26.5. The lowest BCUT2D eigenvalue weighted by Crippen LogP contribution is -2.41. The first-order valence-corrected chi connectivity index (χ1v) is 12.0. The number of aromatic nitrogens is 2. The Bertz CT molecular complexity index is 883. The summed E-state index contributed by atoms with van der Waals surface area (Å²) in [5.74, 6) is -1.49. The van der Waals surface area contributed by atoms with Gasteiger partial charge in [0.15, 0.2) is 12.1 Å². The molecule has 0 saturated carbocycles. The molecule has 0 amide bonds. The quantitative estimate of drug-likeness (QED) is 0.220. The van der Waals surface area contributed by atoms with Gasteiger partial charge in [0.2, 0.25) is 0 Å². The van der Waals surface area contributed by atoms with Crippen LogP contribution in [0.4, 0.5) is 0 Å². The summed E-state index contributed by atoms with van der Waals surface area (Å²) in [5, 5.41) is 10.7. The zero-order valence-electron chi connectivity index (χ0n) is 19.0. The van der Waals surface area contributed by atoms with Crippen LogP contribution >= 0.6 is 7.60 Å². The second kappa shape index (κ2) is 12.2. The predicted octanol–water partition coefficient (Wildman–Crippen LogP) is -0.318. The predicted molar refractivity (Wildman–Crippen MR) is 116 cm³/mol. The van der Waals surface area contributed by atoms with Gasteiger partial charge in [-0.15, -0.1) is 0 Å². The molecular weight excluding hydrogens is 446 g/mol. The highest BCUT2D eigenvalue weighted by Gasteiger charge is 2.49. The molecule has 0 radical (unpaired) electrons. The molecule has 14 heteroatoms. The van der Waals surface area contributed by atoms with E-state index in [1.165, 1.54) is 25.9 Å². The van der Waals surface area contributed by atoms with Gasteiger partial charge in [0.1, 0.15) is 6.10 Å². The van der Waals surface area contributed by atoms with Crippen molar-refractivity contribution in [1.82, 2.24) is 9.55 Å². The molecule has 1 aliphatic heterocycles. The SMILES string of the molecule is BO[C@@H]1C(CC(O)P(=O)(OCC)OCC)O[C@@H](n2cc(C)c(=O)[nH]c2=O)[C@@H]1OCCOC. The van der Waals surface area contributed by atoms with Crippen LogP contribution in [0.1, 0.15) is 32.1 Å². The van der Waals surface area contributed by atoms with Gasteiger partial charge in [0.05, 0.1) is 38.6 Å². The maximum atomic E-state index is 12.9. The molecule has 0 aromatic carbocycles. The molecule has 182 valence electrons. The molecule has 1 saturated heterocycles. The first-order valence-electron chi connectivity index (χ1n) is 10.4. The topological polar surface area (TPSA) is 148 Å². The molecule has 1 aromatic heterocycles. The molecule has 5 atom stereocenters. The van der Waals surface area contributed by atoms with E-state index in [4.69, 9.17) is 27.9 Å². The summed E-state index contributed by atoms with van der Waals surface area (Å²) in [6.07, 6.45) is -2.10. The molecule has 32 heavy (non-hydrogen) atoms. The van der Waals surface area contributed by atoms with Crippen molar-refractivity contribution < 1.29 is 37.6 Å². The largest absolute Gasteiger partial charge is 0.436 e. The monoisotopic (exact) mass is 478 g/mol. The molecule has 1 aromatic rings. The Morgan fingerprint density at radius 3 is 2.47 bits per heavy atom. The minimum atomic E-state index is -3.82. The highest BCUT2D eigenvalue weighted by Crippen LogP contribution is 2.54. The molecule has 1 fully saturated rings. The fraction of sp³-hybridized carbons (Fsp3) is 0.778. The van der Waals surface area contributed by atoms with Crippen molar-refractivity contribution in [1.29, 1.82) is 0 Å². The molecule has 2 unspecified atom stereocenters. The number of H-pyrrole nitrogens is 1. The average Bonchev–Trinajstić information content (AvgIpc) is 3.08. The second-order valence-electron chi connectivity index (χ2n) is 7.16. The van der Waals surface area contributed by atoms with Crippen molar-refractivity contribution >= 4 is 15.6 Å². The average molecular weight is 478 g/mol. The van der Waals surface area contributed by atoms with Crippen molar-refractivity contribution in [3.8, 4) is 0 Å². The van der Waals surface area contributed by atoms with Gasteiger partial charge in [0.25, 0.3) is 13.6 Å². The van der Waals surface area contributed by atoms with Crippen LogP contribution in [0.25, 0.3) is 0 Å². The maximum absolute atomic E-state index is 12.9. The lowest BCUT2D eigenvalue weighted by atomic mass is 10.1. The van der Waals surface area contributed by atoms with Crippen LogP contribution in [0.5, 0.6) is 0 Å². The van der Waals surface area contributed by atoms with Crippen molar-refractivity contribution in [2.75, 3.05) is 33.5 Å². The van der Waals surface area contributed by atoms with Gasteiger partial charge in [0, 0.05) is 25.3 Å². The van der Waals surface area contributed by atoms with Crippen LogP contribution in [0, 0.1) is 6.92 Å². The molecule has 2 N–H and O–H groups in total. The first-order chi connectivity index (χ1) is 15.2. The number of aliphatic hydroxyl groups excluding tert-OH is 1. The third-order valence-electron chi connectivity index (χ3n) is 5.00. The number of methoxy groups -OCH3 is 1. The van der Waals surface area contributed by atoms with Gasteiger partial charge in [-0.3, -0.25) is 18.9 Å². The number of nitrogens with one attached hydrogen (secondary N) is 1. The summed E-state index contributed by atoms with van der Waals surface area (Å²) in [6.45, 7) is 5.49. The van der Waals surface area contributed by atoms with Crippen molar-refractivity contribution in [3.05, 3.63) is 32.6 Å². The number of ether oxygens (including phenoxy) is 3. The van der Waals surface area contributed by atoms with Crippen LogP contribution < -0.4 is 11.2 Å².